The molecular formula is C9H11ClN2O. The lowest BCUT2D eigenvalue weighted by Gasteiger charge is -2.06. The normalized spacial score (nSPS) is 9.38. The van der Waals surface area contributed by atoms with Crippen LogP contribution in [0.15, 0.2) is 24.3 Å². The molecule has 0 aromatic heterocycles. The molecule has 1 aromatic rings. The second-order valence-electron chi connectivity index (χ2n) is 2.54. The van der Waals surface area contributed by atoms with Crippen molar-refractivity contribution < 1.29 is 4.79 Å². The smallest absolute Gasteiger partial charge is 0.238 e. The van der Waals surface area contributed by atoms with Crippen LogP contribution in [0.25, 0.3) is 0 Å². The minimum absolute atomic E-state index is 0.0556. The molecule has 1 amide bonds. The molecule has 0 aliphatic rings. The van der Waals surface area contributed by atoms with Crippen LogP contribution >= 0.6 is 11.6 Å². The maximum absolute atomic E-state index is 10.9. The van der Waals surface area contributed by atoms with Crippen molar-refractivity contribution in [2.75, 3.05) is 5.43 Å². The molecule has 0 saturated heterocycles. The largest absolute Gasteiger partial charge is 0.299 e. The molecule has 0 heterocycles. The lowest BCUT2D eigenvalue weighted by Crippen LogP contribution is -2.28. The second kappa shape index (κ2) is 4.72. The Balaban J connectivity index is 2.50. The number of rotatable bonds is 3. The van der Waals surface area contributed by atoms with E-state index in [-0.39, 0.29) is 5.91 Å². The van der Waals surface area contributed by atoms with Gasteiger partial charge in [0.15, 0.2) is 0 Å². The number of hydrazine groups is 1. The lowest BCUT2D eigenvalue weighted by molar-refractivity contribution is -0.120. The van der Waals surface area contributed by atoms with E-state index >= 15 is 0 Å². The Bertz CT molecular complexity index is 301. The summed E-state index contributed by atoms with van der Waals surface area (Å²) in [4.78, 5) is 10.9. The predicted molar refractivity (Wildman–Crippen MR) is 53.5 cm³/mol. The monoisotopic (exact) mass is 198 g/mol. The van der Waals surface area contributed by atoms with E-state index in [0.717, 1.165) is 5.69 Å². The third-order valence-corrected chi connectivity index (χ3v) is 1.73. The summed E-state index contributed by atoms with van der Waals surface area (Å²) in [5.74, 6) is -0.0556. The molecule has 1 rings (SSSR count). The molecule has 2 N–H and O–H groups in total. The molecule has 0 aliphatic carbocycles. The number of nitrogens with one attached hydrogen (secondary N) is 2. The highest BCUT2D eigenvalue weighted by atomic mass is 35.5. The Hall–Kier alpha value is -1.22. The Morgan fingerprint density at radius 2 is 2.31 bits per heavy atom. The summed E-state index contributed by atoms with van der Waals surface area (Å²) in [6.45, 7) is 1.79. The molecule has 0 radical (unpaired) electrons. The molecule has 0 atom stereocenters. The van der Waals surface area contributed by atoms with Crippen molar-refractivity contribution in [3.05, 3.63) is 29.3 Å². The maximum Gasteiger partial charge on any atom is 0.238 e. The van der Waals surface area contributed by atoms with Crippen molar-refractivity contribution in [3.8, 4) is 0 Å². The first-order valence-corrected chi connectivity index (χ1v) is 4.40. The molecule has 0 fully saturated rings. The zero-order valence-corrected chi connectivity index (χ0v) is 8.06. The number of carbonyl (C=O) groups is 1. The van der Waals surface area contributed by atoms with E-state index in [2.05, 4.69) is 10.9 Å². The van der Waals surface area contributed by atoms with Crippen LogP contribution in [0, 0.1) is 0 Å². The van der Waals surface area contributed by atoms with Gasteiger partial charge in [0.2, 0.25) is 5.91 Å². The number of halogens is 1. The first-order valence-electron chi connectivity index (χ1n) is 4.03. The fraction of sp³-hybridized carbons (Fsp3) is 0.222. The summed E-state index contributed by atoms with van der Waals surface area (Å²) < 4.78 is 0. The maximum atomic E-state index is 10.9. The Kier molecular flexibility index (Phi) is 3.58. The highest BCUT2D eigenvalue weighted by Crippen LogP contribution is 2.13. The Morgan fingerprint density at radius 3 is 2.92 bits per heavy atom. The molecule has 4 heteroatoms. The number of hydrogen-bond donors (Lipinski definition) is 2. The molecule has 0 spiro atoms. The van der Waals surface area contributed by atoms with Gasteiger partial charge < -0.3 is 0 Å². The molecule has 0 saturated carbocycles. The van der Waals surface area contributed by atoms with E-state index in [0.29, 0.717) is 11.4 Å². The lowest BCUT2D eigenvalue weighted by atomic mass is 10.3. The third kappa shape index (κ3) is 3.34. The number of hydrogen-bond acceptors (Lipinski definition) is 2. The van der Waals surface area contributed by atoms with E-state index in [4.69, 9.17) is 11.6 Å². The molecule has 3 nitrogen and oxygen atoms in total. The van der Waals surface area contributed by atoms with Crippen LogP contribution in [0.1, 0.15) is 13.3 Å². The van der Waals surface area contributed by atoms with Crippen LogP contribution in [-0.4, -0.2) is 5.91 Å². The average molecular weight is 199 g/mol. The third-order valence-electron chi connectivity index (χ3n) is 1.49. The molecule has 0 unspecified atom stereocenters. The quantitative estimate of drug-likeness (QED) is 0.732. The van der Waals surface area contributed by atoms with Gasteiger partial charge in [-0.2, -0.15) is 0 Å². The molecule has 13 heavy (non-hydrogen) atoms. The highest BCUT2D eigenvalue weighted by molar-refractivity contribution is 6.30. The van der Waals surface area contributed by atoms with Gasteiger partial charge >= 0.3 is 0 Å². The molecule has 1 aromatic carbocycles. The van der Waals surface area contributed by atoms with E-state index in [1.54, 1.807) is 19.1 Å². The molecule has 70 valence electrons. The van der Waals surface area contributed by atoms with E-state index < -0.39 is 0 Å². The number of carbonyl (C=O) groups excluding carboxylic acids is 1. The van der Waals surface area contributed by atoms with Crippen LogP contribution in [0.3, 0.4) is 0 Å². The summed E-state index contributed by atoms with van der Waals surface area (Å²) in [6, 6.07) is 7.14. The van der Waals surface area contributed by atoms with Gasteiger partial charge in [-0.3, -0.25) is 15.6 Å². The summed E-state index contributed by atoms with van der Waals surface area (Å²) in [5, 5.41) is 0.635. The topological polar surface area (TPSA) is 41.1 Å². The van der Waals surface area contributed by atoms with Gasteiger partial charge in [0.05, 0.1) is 5.69 Å². The molecular weight excluding hydrogens is 188 g/mol. The van der Waals surface area contributed by atoms with E-state index in [1.807, 2.05) is 12.1 Å². The standard InChI is InChI=1S/C9H11ClN2O/c1-2-9(13)12-11-8-5-3-4-7(10)6-8/h3-6,11H,2H2,1H3,(H,12,13). The minimum atomic E-state index is -0.0556. The van der Waals surface area contributed by atoms with Crippen molar-refractivity contribution in [3.63, 3.8) is 0 Å². The van der Waals surface area contributed by atoms with Crippen molar-refractivity contribution in [1.82, 2.24) is 5.43 Å². The fourth-order valence-electron chi connectivity index (χ4n) is 0.797. The van der Waals surface area contributed by atoms with Gasteiger partial charge in [-0.05, 0) is 18.2 Å². The van der Waals surface area contributed by atoms with Gasteiger partial charge in [-0.1, -0.05) is 24.6 Å². The van der Waals surface area contributed by atoms with Crippen molar-refractivity contribution in [1.29, 1.82) is 0 Å². The zero-order valence-electron chi connectivity index (χ0n) is 7.30. The van der Waals surface area contributed by atoms with Crippen molar-refractivity contribution in [2.24, 2.45) is 0 Å². The zero-order chi connectivity index (χ0) is 9.68. The summed E-state index contributed by atoms with van der Waals surface area (Å²) in [6.07, 6.45) is 0.452. The van der Waals surface area contributed by atoms with Crippen LogP contribution in [0.2, 0.25) is 5.02 Å². The van der Waals surface area contributed by atoms with E-state index in [1.165, 1.54) is 0 Å². The number of benzene rings is 1. The minimum Gasteiger partial charge on any atom is -0.299 e. The van der Waals surface area contributed by atoms with Gasteiger partial charge in [-0.15, -0.1) is 0 Å². The number of anilines is 1. The molecule has 0 bridgehead atoms. The SMILES string of the molecule is CCC(=O)NNc1cccc(Cl)c1. The number of amides is 1. The Labute approximate surface area is 82.1 Å². The van der Waals surface area contributed by atoms with E-state index in [9.17, 15) is 4.79 Å². The van der Waals surface area contributed by atoms with Gasteiger partial charge in [0.25, 0.3) is 0 Å². The van der Waals surface area contributed by atoms with Gasteiger partial charge in [-0.25, -0.2) is 0 Å². The second-order valence-corrected chi connectivity index (χ2v) is 2.97. The summed E-state index contributed by atoms with van der Waals surface area (Å²) in [5.41, 5.74) is 6.05. The summed E-state index contributed by atoms with van der Waals surface area (Å²) in [7, 11) is 0. The van der Waals surface area contributed by atoms with Crippen molar-refractivity contribution in [2.45, 2.75) is 13.3 Å². The molecule has 0 aliphatic heterocycles. The van der Waals surface area contributed by atoms with Gasteiger partial charge in [0.1, 0.15) is 0 Å². The first kappa shape index (κ1) is 9.86. The van der Waals surface area contributed by atoms with Crippen LogP contribution in [0.4, 0.5) is 5.69 Å². The highest BCUT2D eigenvalue weighted by Gasteiger charge is 1.95. The van der Waals surface area contributed by atoms with Crippen LogP contribution < -0.4 is 10.9 Å². The predicted octanol–water partition coefficient (Wildman–Crippen LogP) is 2.19. The summed E-state index contributed by atoms with van der Waals surface area (Å²) >= 11 is 5.74. The van der Waals surface area contributed by atoms with Crippen LogP contribution in [-0.2, 0) is 4.79 Å². The average Bonchev–Trinajstić information content (AvgIpc) is 2.14. The van der Waals surface area contributed by atoms with Gasteiger partial charge in [0, 0.05) is 11.4 Å². The fourth-order valence-corrected chi connectivity index (χ4v) is 0.987. The van der Waals surface area contributed by atoms with Crippen molar-refractivity contribution >= 4 is 23.2 Å². The Morgan fingerprint density at radius 1 is 1.54 bits per heavy atom. The van der Waals surface area contributed by atoms with Crippen LogP contribution in [0.5, 0.6) is 0 Å². The first-order chi connectivity index (χ1) is 6.22.